The van der Waals surface area contributed by atoms with Crippen molar-refractivity contribution in [3.8, 4) is 0 Å². The van der Waals surface area contributed by atoms with Gasteiger partial charge in [0.05, 0.1) is 12.2 Å². The highest BCUT2D eigenvalue weighted by molar-refractivity contribution is 14.0. The summed E-state index contributed by atoms with van der Waals surface area (Å²) in [7, 11) is 3.63. The van der Waals surface area contributed by atoms with Gasteiger partial charge in [0.15, 0.2) is 5.96 Å². The normalized spacial score (nSPS) is 14.0. The third kappa shape index (κ3) is 5.21. The summed E-state index contributed by atoms with van der Waals surface area (Å²) in [5, 5.41) is 21.4. The number of aliphatic imine (C=N–C) groups is 1. The van der Waals surface area contributed by atoms with E-state index in [1.807, 2.05) is 38.6 Å². The van der Waals surface area contributed by atoms with Crippen LogP contribution in [0.25, 0.3) is 0 Å². The van der Waals surface area contributed by atoms with Crippen molar-refractivity contribution in [1.29, 1.82) is 0 Å². The van der Waals surface area contributed by atoms with Gasteiger partial charge in [0, 0.05) is 31.9 Å². The van der Waals surface area contributed by atoms with Crippen molar-refractivity contribution in [2.75, 3.05) is 13.6 Å². The molecular weight excluding hydrogens is 433 g/mol. The minimum atomic E-state index is -1.12. The van der Waals surface area contributed by atoms with E-state index >= 15 is 0 Å². The van der Waals surface area contributed by atoms with Gasteiger partial charge in [-0.3, -0.25) is 9.67 Å². The van der Waals surface area contributed by atoms with Gasteiger partial charge in [-0.1, -0.05) is 0 Å². The summed E-state index contributed by atoms with van der Waals surface area (Å²) in [4.78, 5) is 4.20. The number of halogens is 1. The predicted molar refractivity (Wildman–Crippen MR) is 109 cm³/mol. The number of nitrogens with zero attached hydrogens (tertiary/aromatic N) is 3. The zero-order valence-electron chi connectivity index (χ0n) is 15.7. The second kappa shape index (κ2) is 8.70. The molecule has 0 spiro atoms. The topological polar surface area (TPSA) is 87.6 Å². The summed E-state index contributed by atoms with van der Waals surface area (Å²) in [5.41, 5.74) is 2.14. The molecule has 0 bridgehead atoms. The first kappa shape index (κ1) is 21.5. The molecule has 25 heavy (non-hydrogen) atoms. The maximum atomic E-state index is 10.6. The molecule has 140 valence electrons. The molecule has 1 unspecified atom stereocenters. The molecule has 8 heteroatoms. The summed E-state index contributed by atoms with van der Waals surface area (Å²) in [6.07, 6.45) is 0. The van der Waals surface area contributed by atoms with Crippen molar-refractivity contribution < 1.29 is 9.52 Å². The van der Waals surface area contributed by atoms with E-state index in [0.717, 1.165) is 22.7 Å². The van der Waals surface area contributed by atoms with Gasteiger partial charge in [-0.05, 0) is 39.8 Å². The highest BCUT2D eigenvalue weighted by Gasteiger charge is 2.27. The van der Waals surface area contributed by atoms with Gasteiger partial charge in [-0.2, -0.15) is 5.10 Å². The van der Waals surface area contributed by atoms with E-state index in [1.54, 1.807) is 20.0 Å². The van der Waals surface area contributed by atoms with Crippen LogP contribution in [0.1, 0.15) is 35.4 Å². The van der Waals surface area contributed by atoms with E-state index in [9.17, 15) is 5.11 Å². The van der Waals surface area contributed by atoms with Crippen LogP contribution in [0, 0.1) is 20.8 Å². The number of hydrogen-bond acceptors (Lipinski definition) is 4. The Morgan fingerprint density at radius 2 is 2.00 bits per heavy atom. The van der Waals surface area contributed by atoms with E-state index in [2.05, 4.69) is 20.7 Å². The lowest BCUT2D eigenvalue weighted by Crippen LogP contribution is -2.44. The molecule has 2 rings (SSSR count). The molecule has 0 radical (unpaired) electrons. The van der Waals surface area contributed by atoms with Crippen LogP contribution in [0.4, 0.5) is 0 Å². The SMILES string of the molecule is CN=C(NCc1c(C)nn(C)c1C)NCC(C)(O)c1ccc(C)o1.I. The minimum absolute atomic E-state index is 0. The number of guanidine groups is 1. The maximum absolute atomic E-state index is 10.6. The van der Waals surface area contributed by atoms with Gasteiger partial charge in [0.25, 0.3) is 0 Å². The summed E-state index contributed by atoms with van der Waals surface area (Å²) >= 11 is 0. The molecule has 2 aromatic rings. The number of rotatable bonds is 5. The maximum Gasteiger partial charge on any atom is 0.191 e. The third-order valence-corrected chi connectivity index (χ3v) is 4.19. The molecule has 0 saturated carbocycles. The van der Waals surface area contributed by atoms with Gasteiger partial charge >= 0.3 is 0 Å². The smallest absolute Gasteiger partial charge is 0.191 e. The number of aliphatic hydroxyl groups is 1. The molecule has 2 aromatic heterocycles. The Hall–Kier alpha value is -1.55. The van der Waals surface area contributed by atoms with Gasteiger partial charge < -0.3 is 20.2 Å². The van der Waals surface area contributed by atoms with Crippen LogP contribution in [-0.4, -0.2) is 34.4 Å². The molecule has 1 atom stereocenters. The average Bonchev–Trinajstić information content (AvgIpc) is 3.06. The van der Waals surface area contributed by atoms with E-state index in [-0.39, 0.29) is 30.5 Å². The highest BCUT2D eigenvalue weighted by Crippen LogP contribution is 2.21. The molecule has 0 saturated heterocycles. The van der Waals surface area contributed by atoms with Crippen molar-refractivity contribution in [1.82, 2.24) is 20.4 Å². The van der Waals surface area contributed by atoms with Crippen molar-refractivity contribution in [3.63, 3.8) is 0 Å². The van der Waals surface area contributed by atoms with E-state index < -0.39 is 5.60 Å². The fraction of sp³-hybridized carbons (Fsp3) is 0.529. The van der Waals surface area contributed by atoms with Crippen molar-refractivity contribution in [2.24, 2.45) is 12.0 Å². The molecule has 2 heterocycles. The zero-order chi connectivity index (χ0) is 17.9. The molecule has 0 aliphatic carbocycles. The predicted octanol–water partition coefficient (Wildman–Crippen LogP) is 2.13. The number of aryl methyl sites for hydroxylation is 3. The molecule has 3 N–H and O–H groups in total. The number of furan rings is 1. The quantitative estimate of drug-likeness (QED) is 0.361. The van der Waals surface area contributed by atoms with E-state index in [4.69, 9.17) is 4.42 Å². The van der Waals surface area contributed by atoms with Crippen LogP contribution in [0.15, 0.2) is 21.5 Å². The summed E-state index contributed by atoms with van der Waals surface area (Å²) in [6, 6.07) is 3.63. The lowest BCUT2D eigenvalue weighted by atomic mass is 10.0. The monoisotopic (exact) mass is 461 g/mol. The minimum Gasteiger partial charge on any atom is -0.463 e. The molecule has 0 amide bonds. The Labute approximate surface area is 165 Å². The molecular formula is C17H28IN5O2. The Kier molecular flexibility index (Phi) is 7.48. The van der Waals surface area contributed by atoms with Crippen LogP contribution in [0.5, 0.6) is 0 Å². The first-order valence-corrected chi connectivity index (χ1v) is 7.97. The number of hydrogen-bond donors (Lipinski definition) is 3. The summed E-state index contributed by atoms with van der Waals surface area (Å²) < 4.78 is 7.38. The van der Waals surface area contributed by atoms with E-state index in [1.165, 1.54) is 0 Å². The molecule has 0 fully saturated rings. The third-order valence-electron chi connectivity index (χ3n) is 4.19. The zero-order valence-corrected chi connectivity index (χ0v) is 18.0. The van der Waals surface area contributed by atoms with Crippen molar-refractivity contribution in [3.05, 3.63) is 40.6 Å². The van der Waals surface area contributed by atoms with Crippen molar-refractivity contribution in [2.45, 2.75) is 39.8 Å². The Morgan fingerprint density at radius 3 is 2.48 bits per heavy atom. The highest BCUT2D eigenvalue weighted by atomic mass is 127. The van der Waals surface area contributed by atoms with Gasteiger partial charge in [-0.25, -0.2) is 0 Å². The molecule has 0 aliphatic heterocycles. The second-order valence-electron chi connectivity index (χ2n) is 6.24. The van der Waals surface area contributed by atoms with Crippen LogP contribution < -0.4 is 10.6 Å². The number of nitrogens with one attached hydrogen (secondary N) is 2. The van der Waals surface area contributed by atoms with Crippen molar-refractivity contribution >= 4 is 29.9 Å². The summed E-state index contributed by atoms with van der Waals surface area (Å²) in [5.74, 6) is 1.92. The Bertz CT molecular complexity index is 733. The fourth-order valence-electron chi connectivity index (χ4n) is 2.53. The average molecular weight is 461 g/mol. The summed E-state index contributed by atoms with van der Waals surface area (Å²) in [6.45, 7) is 8.49. The lowest BCUT2D eigenvalue weighted by molar-refractivity contribution is 0.0378. The molecule has 7 nitrogen and oxygen atoms in total. The van der Waals surface area contributed by atoms with Gasteiger partial charge in [0.1, 0.15) is 17.1 Å². The standard InChI is InChI=1S/C17H27N5O2.HI/c1-11-7-8-15(24-11)17(4,23)10-20-16(18-5)19-9-14-12(2)21-22(6)13(14)3;/h7-8,23H,9-10H2,1-6H3,(H2,18,19,20);1H. The second-order valence-corrected chi connectivity index (χ2v) is 6.24. The van der Waals surface area contributed by atoms with Crippen LogP contribution in [-0.2, 0) is 19.2 Å². The van der Waals surface area contributed by atoms with Crippen LogP contribution in [0.3, 0.4) is 0 Å². The Balaban J connectivity index is 0.00000312. The Morgan fingerprint density at radius 1 is 1.32 bits per heavy atom. The first-order valence-electron chi connectivity index (χ1n) is 7.97. The lowest BCUT2D eigenvalue weighted by Gasteiger charge is -2.23. The van der Waals surface area contributed by atoms with Gasteiger partial charge in [0.2, 0.25) is 0 Å². The van der Waals surface area contributed by atoms with Crippen LogP contribution >= 0.6 is 24.0 Å². The first-order chi connectivity index (χ1) is 11.2. The van der Waals surface area contributed by atoms with Gasteiger partial charge in [-0.15, -0.1) is 24.0 Å². The molecule has 0 aromatic carbocycles. The molecule has 0 aliphatic rings. The number of aromatic nitrogens is 2. The largest absolute Gasteiger partial charge is 0.463 e. The van der Waals surface area contributed by atoms with Crippen LogP contribution in [0.2, 0.25) is 0 Å². The van der Waals surface area contributed by atoms with E-state index in [0.29, 0.717) is 18.3 Å². The fourth-order valence-corrected chi connectivity index (χ4v) is 2.53.